The van der Waals surface area contributed by atoms with Crippen LogP contribution in [0.2, 0.25) is 0 Å². The lowest BCUT2D eigenvalue weighted by molar-refractivity contribution is -0.150. The zero-order valence-corrected chi connectivity index (χ0v) is 13.2. The average Bonchev–Trinajstić information content (AvgIpc) is 2.97. The van der Waals surface area contributed by atoms with Gasteiger partial charge in [-0.2, -0.15) is 0 Å². The van der Waals surface area contributed by atoms with Gasteiger partial charge in [-0.05, 0) is 48.6 Å². The fourth-order valence-corrected chi connectivity index (χ4v) is 3.44. The van der Waals surface area contributed by atoms with Crippen molar-refractivity contribution in [2.45, 2.75) is 25.9 Å². The number of aromatic nitrogens is 1. The number of carbonyl (C=O) groups excluding carboxylic acids is 1. The second-order valence-electron chi connectivity index (χ2n) is 6.31. The Morgan fingerprint density at radius 2 is 2.04 bits per heavy atom. The third kappa shape index (κ3) is 2.80. The normalized spacial score (nSPS) is 16.8. The van der Waals surface area contributed by atoms with Gasteiger partial charge in [0.05, 0.1) is 5.92 Å². The minimum Gasteiger partial charge on any atom is -0.461 e. The van der Waals surface area contributed by atoms with Gasteiger partial charge in [0.25, 0.3) is 0 Å². The van der Waals surface area contributed by atoms with E-state index in [0.29, 0.717) is 13.0 Å². The summed E-state index contributed by atoms with van der Waals surface area (Å²) < 4.78 is 19.0. The smallest absolute Gasteiger partial charge is 0.309 e. The summed E-state index contributed by atoms with van der Waals surface area (Å²) in [6.07, 6.45) is 2.15. The maximum absolute atomic E-state index is 13.5. The highest BCUT2D eigenvalue weighted by Gasteiger charge is 2.28. The highest BCUT2D eigenvalue weighted by Crippen LogP contribution is 2.32. The number of aryl methyl sites for hydroxylation is 1. The molecule has 0 bridgehead atoms. The maximum Gasteiger partial charge on any atom is 0.309 e. The van der Waals surface area contributed by atoms with Gasteiger partial charge in [0.15, 0.2) is 0 Å². The van der Waals surface area contributed by atoms with Crippen LogP contribution in [0.4, 0.5) is 4.39 Å². The molecule has 1 aromatic heterocycles. The van der Waals surface area contributed by atoms with Crippen LogP contribution in [0.3, 0.4) is 0 Å². The summed E-state index contributed by atoms with van der Waals surface area (Å²) in [7, 11) is 0. The van der Waals surface area contributed by atoms with E-state index in [4.69, 9.17) is 4.74 Å². The molecule has 1 aliphatic carbocycles. The SMILES string of the molecule is O=C(OCc1ccccc1)C1CCc2[nH]c3ccc(F)cc3c2C1. The number of nitrogens with one attached hydrogen (secondary N) is 1. The summed E-state index contributed by atoms with van der Waals surface area (Å²) in [6.45, 7) is 0.297. The second-order valence-corrected chi connectivity index (χ2v) is 6.31. The van der Waals surface area contributed by atoms with Gasteiger partial charge in [0, 0.05) is 16.6 Å². The van der Waals surface area contributed by atoms with Gasteiger partial charge in [0.2, 0.25) is 0 Å². The third-order valence-corrected chi connectivity index (χ3v) is 4.71. The highest BCUT2D eigenvalue weighted by molar-refractivity contribution is 5.86. The van der Waals surface area contributed by atoms with E-state index in [1.807, 2.05) is 30.3 Å². The van der Waals surface area contributed by atoms with E-state index in [2.05, 4.69) is 4.98 Å². The third-order valence-electron chi connectivity index (χ3n) is 4.71. The van der Waals surface area contributed by atoms with Crippen LogP contribution in [-0.2, 0) is 29.0 Å². The molecule has 24 heavy (non-hydrogen) atoms. The number of fused-ring (bicyclic) bond motifs is 3. The van der Waals surface area contributed by atoms with Crippen LogP contribution < -0.4 is 0 Å². The van der Waals surface area contributed by atoms with E-state index >= 15 is 0 Å². The van der Waals surface area contributed by atoms with Crippen molar-refractivity contribution in [3.05, 3.63) is 71.2 Å². The van der Waals surface area contributed by atoms with E-state index in [0.717, 1.165) is 40.6 Å². The minimum absolute atomic E-state index is 0.163. The van der Waals surface area contributed by atoms with Crippen molar-refractivity contribution in [1.82, 2.24) is 4.98 Å². The molecule has 0 fully saturated rings. The van der Waals surface area contributed by atoms with E-state index in [1.165, 1.54) is 6.07 Å². The molecule has 3 nitrogen and oxygen atoms in total. The first-order valence-corrected chi connectivity index (χ1v) is 8.20. The van der Waals surface area contributed by atoms with Gasteiger partial charge in [0.1, 0.15) is 12.4 Å². The maximum atomic E-state index is 13.5. The quantitative estimate of drug-likeness (QED) is 0.736. The summed E-state index contributed by atoms with van der Waals surface area (Å²) in [5.74, 6) is -0.586. The molecule has 1 aliphatic rings. The molecule has 0 aliphatic heterocycles. The molecule has 122 valence electrons. The van der Waals surface area contributed by atoms with Crippen molar-refractivity contribution in [3.8, 4) is 0 Å². The number of esters is 1. The monoisotopic (exact) mass is 323 g/mol. The van der Waals surface area contributed by atoms with Crippen molar-refractivity contribution < 1.29 is 13.9 Å². The minimum atomic E-state index is -0.252. The molecule has 4 rings (SSSR count). The number of rotatable bonds is 3. The van der Waals surface area contributed by atoms with Gasteiger partial charge in [-0.15, -0.1) is 0 Å². The first-order valence-electron chi connectivity index (χ1n) is 8.20. The fourth-order valence-electron chi connectivity index (χ4n) is 3.44. The molecular weight excluding hydrogens is 305 g/mol. The zero-order chi connectivity index (χ0) is 16.5. The molecule has 0 radical (unpaired) electrons. The number of aromatic amines is 1. The molecule has 1 atom stereocenters. The molecule has 4 heteroatoms. The molecule has 0 saturated carbocycles. The van der Waals surface area contributed by atoms with Crippen LogP contribution in [0, 0.1) is 11.7 Å². The summed E-state index contributed by atoms with van der Waals surface area (Å²) >= 11 is 0. The predicted molar refractivity (Wildman–Crippen MR) is 90.0 cm³/mol. The van der Waals surface area contributed by atoms with Gasteiger partial charge < -0.3 is 9.72 Å². The van der Waals surface area contributed by atoms with E-state index in [-0.39, 0.29) is 17.7 Å². The highest BCUT2D eigenvalue weighted by atomic mass is 19.1. The van der Waals surface area contributed by atoms with Gasteiger partial charge >= 0.3 is 5.97 Å². The van der Waals surface area contributed by atoms with Crippen LogP contribution in [0.1, 0.15) is 23.2 Å². The Labute approximate surface area is 139 Å². The number of ether oxygens (including phenoxy) is 1. The molecule has 1 unspecified atom stereocenters. The van der Waals surface area contributed by atoms with E-state index in [9.17, 15) is 9.18 Å². The first-order chi connectivity index (χ1) is 11.7. The van der Waals surface area contributed by atoms with Crippen molar-refractivity contribution in [2.75, 3.05) is 0 Å². The Morgan fingerprint density at radius 1 is 1.21 bits per heavy atom. The number of H-pyrrole nitrogens is 1. The standard InChI is InChI=1S/C20H18FNO2/c21-15-7-9-19-17(11-15)16-10-14(6-8-18(16)22-19)20(23)24-12-13-4-2-1-3-5-13/h1-5,7,9,11,14,22H,6,8,10,12H2. The van der Waals surface area contributed by atoms with Crippen LogP contribution in [-0.4, -0.2) is 11.0 Å². The zero-order valence-electron chi connectivity index (χ0n) is 13.2. The van der Waals surface area contributed by atoms with E-state index < -0.39 is 0 Å². The van der Waals surface area contributed by atoms with Gasteiger partial charge in [-0.25, -0.2) is 4.39 Å². The molecular formula is C20H18FNO2. The predicted octanol–water partition coefficient (Wildman–Crippen LogP) is 4.16. The molecule has 1 heterocycles. The Hall–Kier alpha value is -2.62. The number of benzene rings is 2. The lowest BCUT2D eigenvalue weighted by atomic mass is 9.86. The summed E-state index contributed by atoms with van der Waals surface area (Å²) in [4.78, 5) is 15.7. The molecule has 2 aromatic carbocycles. The van der Waals surface area contributed by atoms with Gasteiger partial charge in [-0.1, -0.05) is 30.3 Å². The van der Waals surface area contributed by atoms with Crippen molar-refractivity contribution in [3.63, 3.8) is 0 Å². The molecule has 0 saturated heterocycles. The number of halogens is 1. The van der Waals surface area contributed by atoms with Crippen LogP contribution in [0.15, 0.2) is 48.5 Å². The second kappa shape index (κ2) is 6.11. The average molecular weight is 323 g/mol. The largest absolute Gasteiger partial charge is 0.461 e. The lowest BCUT2D eigenvalue weighted by Crippen LogP contribution is -2.24. The summed E-state index contributed by atoms with van der Waals surface area (Å²) in [5.41, 5.74) is 4.08. The van der Waals surface area contributed by atoms with Gasteiger partial charge in [-0.3, -0.25) is 4.79 Å². The molecule has 1 N–H and O–H groups in total. The Balaban J connectivity index is 1.50. The van der Waals surface area contributed by atoms with Crippen molar-refractivity contribution in [2.24, 2.45) is 5.92 Å². The Bertz CT molecular complexity index is 885. The van der Waals surface area contributed by atoms with E-state index in [1.54, 1.807) is 12.1 Å². The van der Waals surface area contributed by atoms with Crippen LogP contribution in [0.25, 0.3) is 10.9 Å². The van der Waals surface area contributed by atoms with Crippen molar-refractivity contribution in [1.29, 1.82) is 0 Å². The Kier molecular flexibility index (Phi) is 3.81. The first kappa shape index (κ1) is 14.9. The van der Waals surface area contributed by atoms with Crippen molar-refractivity contribution >= 4 is 16.9 Å². The summed E-state index contributed by atoms with van der Waals surface area (Å²) in [5, 5.41) is 0.880. The fraction of sp³-hybridized carbons (Fsp3) is 0.250. The lowest BCUT2D eigenvalue weighted by Gasteiger charge is -2.21. The number of carbonyl (C=O) groups is 1. The molecule has 3 aromatic rings. The molecule has 0 spiro atoms. The van der Waals surface area contributed by atoms with Crippen LogP contribution in [0.5, 0.6) is 0 Å². The summed E-state index contributed by atoms with van der Waals surface area (Å²) in [6, 6.07) is 14.4. The van der Waals surface area contributed by atoms with Crippen LogP contribution >= 0.6 is 0 Å². The Morgan fingerprint density at radius 3 is 2.88 bits per heavy atom. The number of hydrogen-bond acceptors (Lipinski definition) is 2. The molecule has 0 amide bonds. The number of hydrogen-bond donors (Lipinski definition) is 1. The topological polar surface area (TPSA) is 42.1 Å².